The monoisotopic (exact) mass is 284 g/mol. The molecule has 6 heteroatoms. The van der Waals surface area contributed by atoms with Crippen LogP contribution in [-0.4, -0.2) is 49.8 Å². The number of halogens is 1. The van der Waals surface area contributed by atoms with Crippen molar-refractivity contribution in [3.05, 3.63) is 29.3 Å². The lowest BCUT2D eigenvalue weighted by Gasteiger charge is -2.32. The van der Waals surface area contributed by atoms with Gasteiger partial charge < -0.3 is 20.1 Å². The van der Waals surface area contributed by atoms with Crippen molar-refractivity contribution in [3.63, 3.8) is 0 Å². The summed E-state index contributed by atoms with van der Waals surface area (Å²) in [6, 6.07) is 6.91. The number of carbonyl (C=O) groups excluding carboxylic acids is 1. The fraction of sp³-hybridized carbons (Fsp3) is 0.462. The normalized spacial score (nSPS) is 19.3. The standard InChI is InChI=1S/C13H17ClN2O3/c14-10-1-3-11(4-2-10)19-9-13(17)16-5-6-18-12(7-15)8-16/h1-4,12H,5-9,15H2/t12-/m0/s1. The average Bonchev–Trinajstić information content (AvgIpc) is 2.46. The van der Waals surface area contributed by atoms with E-state index in [1.807, 2.05) is 0 Å². The van der Waals surface area contributed by atoms with Gasteiger partial charge in [-0.15, -0.1) is 0 Å². The van der Waals surface area contributed by atoms with E-state index in [9.17, 15) is 4.79 Å². The number of carbonyl (C=O) groups is 1. The van der Waals surface area contributed by atoms with Gasteiger partial charge in [-0.25, -0.2) is 0 Å². The van der Waals surface area contributed by atoms with Gasteiger partial charge in [0.2, 0.25) is 0 Å². The maximum atomic E-state index is 12.0. The van der Waals surface area contributed by atoms with Gasteiger partial charge in [-0.05, 0) is 24.3 Å². The van der Waals surface area contributed by atoms with Crippen LogP contribution in [0.1, 0.15) is 0 Å². The Labute approximate surface area is 117 Å². The zero-order valence-corrected chi connectivity index (χ0v) is 11.3. The maximum absolute atomic E-state index is 12.0. The van der Waals surface area contributed by atoms with E-state index < -0.39 is 0 Å². The molecular formula is C13H17ClN2O3. The van der Waals surface area contributed by atoms with E-state index in [-0.39, 0.29) is 18.6 Å². The topological polar surface area (TPSA) is 64.8 Å². The van der Waals surface area contributed by atoms with Gasteiger partial charge in [-0.2, -0.15) is 0 Å². The summed E-state index contributed by atoms with van der Waals surface area (Å²) in [5.41, 5.74) is 5.54. The summed E-state index contributed by atoms with van der Waals surface area (Å²) >= 11 is 5.77. The predicted octanol–water partition coefficient (Wildman–Crippen LogP) is 0.905. The molecule has 1 aliphatic heterocycles. The number of nitrogens with two attached hydrogens (primary N) is 1. The second-order valence-electron chi connectivity index (χ2n) is 4.31. The molecule has 0 bridgehead atoms. The number of hydrogen-bond donors (Lipinski definition) is 1. The molecule has 1 amide bonds. The molecule has 1 heterocycles. The summed E-state index contributed by atoms with van der Waals surface area (Å²) in [5.74, 6) is 0.568. The second-order valence-corrected chi connectivity index (χ2v) is 4.75. The van der Waals surface area contributed by atoms with Crippen molar-refractivity contribution >= 4 is 17.5 Å². The van der Waals surface area contributed by atoms with Gasteiger partial charge in [-0.3, -0.25) is 4.79 Å². The minimum absolute atomic E-state index is 0.0128. The van der Waals surface area contributed by atoms with Crippen LogP contribution in [0.25, 0.3) is 0 Å². The molecule has 0 aliphatic carbocycles. The first kappa shape index (κ1) is 14.1. The van der Waals surface area contributed by atoms with Gasteiger partial charge in [0.25, 0.3) is 5.91 Å². The number of ether oxygens (including phenoxy) is 2. The van der Waals surface area contributed by atoms with Crippen LogP contribution in [0, 0.1) is 0 Å². The van der Waals surface area contributed by atoms with Crippen LogP contribution < -0.4 is 10.5 Å². The van der Waals surface area contributed by atoms with Crippen LogP contribution >= 0.6 is 11.6 Å². The van der Waals surface area contributed by atoms with Crippen LogP contribution in [0.3, 0.4) is 0 Å². The summed E-state index contributed by atoms with van der Waals surface area (Å²) < 4.78 is 10.8. The Morgan fingerprint density at radius 1 is 1.47 bits per heavy atom. The van der Waals surface area contributed by atoms with Crippen LogP contribution in [0.2, 0.25) is 5.02 Å². The number of amides is 1. The Morgan fingerprint density at radius 2 is 2.21 bits per heavy atom. The molecule has 1 aromatic rings. The number of rotatable bonds is 4. The summed E-state index contributed by atoms with van der Waals surface area (Å²) in [7, 11) is 0. The van der Waals surface area contributed by atoms with E-state index in [1.54, 1.807) is 29.2 Å². The number of benzene rings is 1. The van der Waals surface area contributed by atoms with Gasteiger partial charge in [0.05, 0.1) is 12.7 Å². The Hall–Kier alpha value is -1.30. The van der Waals surface area contributed by atoms with Crippen LogP contribution in [-0.2, 0) is 9.53 Å². The molecule has 0 radical (unpaired) electrons. The highest BCUT2D eigenvalue weighted by molar-refractivity contribution is 6.30. The molecule has 1 aromatic carbocycles. The van der Waals surface area contributed by atoms with Gasteiger partial charge in [0.15, 0.2) is 6.61 Å². The SMILES string of the molecule is NC[C@H]1CN(C(=O)COc2ccc(Cl)cc2)CCO1. The first-order valence-corrected chi connectivity index (χ1v) is 6.54. The third-order valence-corrected chi connectivity index (χ3v) is 3.18. The first-order valence-electron chi connectivity index (χ1n) is 6.17. The van der Waals surface area contributed by atoms with E-state index in [1.165, 1.54) is 0 Å². The quantitative estimate of drug-likeness (QED) is 0.892. The van der Waals surface area contributed by atoms with Crippen LogP contribution in [0.4, 0.5) is 0 Å². The van der Waals surface area contributed by atoms with Gasteiger partial charge >= 0.3 is 0 Å². The molecule has 1 saturated heterocycles. The van der Waals surface area contributed by atoms with Crippen molar-refractivity contribution < 1.29 is 14.3 Å². The second kappa shape index (κ2) is 6.75. The van der Waals surface area contributed by atoms with Crippen molar-refractivity contribution in [1.29, 1.82) is 0 Å². The summed E-state index contributed by atoms with van der Waals surface area (Å²) in [4.78, 5) is 13.7. The molecule has 0 unspecified atom stereocenters. The van der Waals surface area contributed by atoms with Crippen molar-refractivity contribution in [2.24, 2.45) is 5.73 Å². The summed E-state index contributed by atoms with van der Waals surface area (Å²) in [6.07, 6.45) is -0.0757. The lowest BCUT2D eigenvalue weighted by molar-refractivity contribution is -0.140. The van der Waals surface area contributed by atoms with E-state index in [2.05, 4.69) is 0 Å². The van der Waals surface area contributed by atoms with E-state index in [4.69, 9.17) is 26.8 Å². The molecule has 19 heavy (non-hydrogen) atoms. The largest absolute Gasteiger partial charge is 0.484 e. The van der Waals surface area contributed by atoms with E-state index in [0.29, 0.717) is 37.0 Å². The molecule has 2 rings (SSSR count). The minimum Gasteiger partial charge on any atom is -0.484 e. The van der Waals surface area contributed by atoms with E-state index in [0.717, 1.165) is 0 Å². The third kappa shape index (κ3) is 4.09. The molecule has 1 aliphatic rings. The summed E-state index contributed by atoms with van der Waals surface area (Å²) in [6.45, 7) is 2.06. The van der Waals surface area contributed by atoms with Crippen LogP contribution in [0.5, 0.6) is 5.75 Å². The maximum Gasteiger partial charge on any atom is 0.260 e. The highest BCUT2D eigenvalue weighted by Crippen LogP contribution is 2.15. The predicted molar refractivity (Wildman–Crippen MR) is 72.3 cm³/mol. The van der Waals surface area contributed by atoms with Crippen molar-refractivity contribution in [1.82, 2.24) is 4.90 Å². The lowest BCUT2D eigenvalue weighted by Crippen LogP contribution is -2.49. The minimum atomic E-state index is -0.0757. The molecule has 1 fully saturated rings. The third-order valence-electron chi connectivity index (χ3n) is 2.93. The summed E-state index contributed by atoms with van der Waals surface area (Å²) in [5, 5.41) is 0.637. The number of morpholine rings is 1. The van der Waals surface area contributed by atoms with Crippen LogP contribution in [0.15, 0.2) is 24.3 Å². The zero-order chi connectivity index (χ0) is 13.7. The molecule has 0 aromatic heterocycles. The van der Waals surface area contributed by atoms with Gasteiger partial charge in [0, 0.05) is 24.7 Å². The first-order chi connectivity index (χ1) is 9.19. The highest BCUT2D eigenvalue weighted by Gasteiger charge is 2.23. The highest BCUT2D eigenvalue weighted by atomic mass is 35.5. The molecule has 1 atom stereocenters. The smallest absolute Gasteiger partial charge is 0.260 e. The number of nitrogens with zero attached hydrogens (tertiary/aromatic N) is 1. The fourth-order valence-corrected chi connectivity index (χ4v) is 1.98. The average molecular weight is 285 g/mol. The Kier molecular flexibility index (Phi) is 5.01. The fourth-order valence-electron chi connectivity index (χ4n) is 1.86. The molecule has 0 saturated carbocycles. The zero-order valence-electron chi connectivity index (χ0n) is 10.5. The van der Waals surface area contributed by atoms with E-state index >= 15 is 0 Å². The molecular weight excluding hydrogens is 268 g/mol. The lowest BCUT2D eigenvalue weighted by atomic mass is 10.2. The van der Waals surface area contributed by atoms with Gasteiger partial charge in [0.1, 0.15) is 5.75 Å². The molecule has 104 valence electrons. The Bertz CT molecular complexity index is 424. The molecule has 5 nitrogen and oxygen atoms in total. The van der Waals surface area contributed by atoms with Crippen molar-refractivity contribution in [2.75, 3.05) is 32.8 Å². The molecule has 2 N–H and O–H groups in total. The number of hydrogen-bond acceptors (Lipinski definition) is 4. The van der Waals surface area contributed by atoms with Crippen molar-refractivity contribution in [2.45, 2.75) is 6.10 Å². The Morgan fingerprint density at radius 3 is 2.89 bits per heavy atom. The van der Waals surface area contributed by atoms with Crippen molar-refractivity contribution in [3.8, 4) is 5.75 Å². The molecule has 0 spiro atoms. The Balaban J connectivity index is 1.82. The van der Waals surface area contributed by atoms with Gasteiger partial charge in [-0.1, -0.05) is 11.6 Å².